The molecule has 0 amide bonds. The predicted octanol–water partition coefficient (Wildman–Crippen LogP) is 0.230. The van der Waals surface area contributed by atoms with Crippen LogP contribution in [0, 0.1) is 6.73 Å². The summed E-state index contributed by atoms with van der Waals surface area (Å²) in [5.41, 5.74) is 0. The van der Waals surface area contributed by atoms with Crippen LogP contribution < -0.4 is 0 Å². The minimum atomic E-state index is -0.293. The van der Waals surface area contributed by atoms with E-state index in [0.717, 1.165) is 0 Å². The van der Waals surface area contributed by atoms with Crippen molar-refractivity contribution in [1.82, 2.24) is 4.90 Å². The van der Waals surface area contributed by atoms with Crippen molar-refractivity contribution in [3.8, 4) is 0 Å². The summed E-state index contributed by atoms with van der Waals surface area (Å²) in [7, 11) is 3.56. The summed E-state index contributed by atoms with van der Waals surface area (Å²) in [6, 6.07) is 0. The average Bonchev–Trinajstić information content (AvgIpc) is 1.61. The summed E-state index contributed by atoms with van der Waals surface area (Å²) in [4.78, 5) is 11.7. The normalized spacial score (nSPS) is 9.50. The summed E-state index contributed by atoms with van der Waals surface area (Å²) >= 11 is 0. The molecule has 0 unspecified atom stereocenters. The van der Waals surface area contributed by atoms with E-state index in [0.29, 0.717) is 0 Å². The van der Waals surface area contributed by atoms with E-state index in [9.17, 15) is 4.79 Å². The van der Waals surface area contributed by atoms with E-state index in [1.165, 1.54) is 13.7 Å². The van der Waals surface area contributed by atoms with E-state index in [1.807, 2.05) is 0 Å². The Labute approximate surface area is 49.2 Å². The molecule has 0 aromatic heterocycles. The minimum Gasteiger partial charge on any atom is -0.441 e. The third kappa shape index (κ3) is 5.43. The third-order valence-electron chi connectivity index (χ3n) is 0.429. The zero-order chi connectivity index (χ0) is 6.57. The zero-order valence-corrected chi connectivity index (χ0v) is 5.34. The van der Waals surface area contributed by atoms with Gasteiger partial charge < -0.3 is 4.74 Å². The molecule has 3 heteroatoms. The van der Waals surface area contributed by atoms with Gasteiger partial charge in [0.15, 0.2) is 0 Å². The second kappa shape index (κ2) is 3.43. The highest BCUT2D eigenvalue weighted by Gasteiger charge is 1.92. The second-order valence-electron chi connectivity index (χ2n) is 1.68. The minimum absolute atomic E-state index is 0.293. The number of hydrogen-bond donors (Lipinski definition) is 0. The Morgan fingerprint density at radius 1 is 1.62 bits per heavy atom. The van der Waals surface area contributed by atoms with E-state index >= 15 is 0 Å². The van der Waals surface area contributed by atoms with Crippen molar-refractivity contribution >= 4 is 5.97 Å². The molecule has 0 fully saturated rings. The van der Waals surface area contributed by atoms with Crippen LogP contribution in [0.25, 0.3) is 0 Å². The average molecular weight is 116 g/mol. The van der Waals surface area contributed by atoms with Crippen LogP contribution in [-0.2, 0) is 9.53 Å². The number of esters is 1. The maximum absolute atomic E-state index is 10.1. The Balaban J connectivity index is 3.05. The molecular weight excluding hydrogens is 106 g/mol. The van der Waals surface area contributed by atoms with Gasteiger partial charge in [0, 0.05) is 6.92 Å². The van der Waals surface area contributed by atoms with Crippen LogP contribution in [0.15, 0.2) is 0 Å². The second-order valence-corrected chi connectivity index (χ2v) is 1.68. The van der Waals surface area contributed by atoms with Gasteiger partial charge in [0.1, 0.15) is 0 Å². The van der Waals surface area contributed by atoms with Crippen molar-refractivity contribution < 1.29 is 9.53 Å². The maximum Gasteiger partial charge on any atom is 0.304 e. The first kappa shape index (κ1) is 7.43. The molecule has 0 saturated carbocycles. The Morgan fingerprint density at radius 2 is 2.12 bits per heavy atom. The van der Waals surface area contributed by atoms with Gasteiger partial charge in [-0.25, -0.2) is 0 Å². The molecule has 0 rings (SSSR count). The fraction of sp³-hybridized carbons (Fsp3) is 0.600. The number of nitrogens with zero attached hydrogens (tertiary/aromatic N) is 1. The summed E-state index contributed by atoms with van der Waals surface area (Å²) in [6.07, 6.45) is 0. The maximum atomic E-state index is 10.1. The molecule has 0 aliphatic carbocycles. The predicted molar refractivity (Wildman–Crippen MR) is 29.8 cm³/mol. The number of ether oxygens (including phenoxy) is 1. The van der Waals surface area contributed by atoms with Crippen molar-refractivity contribution in [3.63, 3.8) is 0 Å². The lowest BCUT2D eigenvalue weighted by Crippen LogP contribution is -2.11. The highest BCUT2D eigenvalue weighted by Crippen LogP contribution is 1.84. The third-order valence-corrected chi connectivity index (χ3v) is 0.429. The quantitative estimate of drug-likeness (QED) is 0.484. The topological polar surface area (TPSA) is 29.5 Å². The van der Waals surface area contributed by atoms with Crippen molar-refractivity contribution in [2.24, 2.45) is 0 Å². The summed E-state index contributed by atoms with van der Waals surface area (Å²) in [6.45, 7) is 2.71. The van der Waals surface area contributed by atoms with Gasteiger partial charge in [0.05, 0.1) is 0 Å². The highest BCUT2D eigenvalue weighted by atomic mass is 16.5. The first-order valence-electron chi connectivity index (χ1n) is 2.30. The molecule has 0 aliphatic heterocycles. The molecule has 0 saturated heterocycles. The van der Waals surface area contributed by atoms with E-state index in [2.05, 4.69) is 4.74 Å². The van der Waals surface area contributed by atoms with Gasteiger partial charge in [0.2, 0.25) is 6.73 Å². The fourth-order valence-electron chi connectivity index (χ4n) is 0.180. The molecule has 0 spiro atoms. The van der Waals surface area contributed by atoms with Gasteiger partial charge in [-0.05, 0) is 14.1 Å². The van der Waals surface area contributed by atoms with Crippen LogP contribution in [-0.4, -0.2) is 25.0 Å². The van der Waals surface area contributed by atoms with Crippen LogP contribution >= 0.6 is 0 Å². The molecule has 3 nitrogen and oxygen atoms in total. The number of rotatable bonds is 2. The van der Waals surface area contributed by atoms with Gasteiger partial charge in [-0.2, -0.15) is 0 Å². The summed E-state index contributed by atoms with van der Waals surface area (Å²) < 4.78 is 4.47. The van der Waals surface area contributed by atoms with Crippen LogP contribution in [0.2, 0.25) is 0 Å². The Kier molecular flexibility index (Phi) is 3.19. The fourth-order valence-corrected chi connectivity index (χ4v) is 0.180. The number of carbonyl (C=O) groups excluding carboxylic acids is 1. The van der Waals surface area contributed by atoms with Crippen molar-refractivity contribution in [3.05, 3.63) is 6.73 Å². The van der Waals surface area contributed by atoms with Gasteiger partial charge >= 0.3 is 5.97 Å². The molecule has 0 atom stereocenters. The standard InChI is InChI=1S/C5H10NO2/c1-5(7)8-4-6(2)3/h4H,1-3H3. The van der Waals surface area contributed by atoms with Gasteiger partial charge in [0.25, 0.3) is 0 Å². The molecule has 0 N–H and O–H groups in total. The van der Waals surface area contributed by atoms with Crippen molar-refractivity contribution in [2.45, 2.75) is 6.92 Å². The number of carbonyl (C=O) groups is 1. The van der Waals surface area contributed by atoms with Crippen LogP contribution in [0.4, 0.5) is 0 Å². The molecule has 0 bridgehead atoms. The van der Waals surface area contributed by atoms with Gasteiger partial charge in [-0.3, -0.25) is 9.69 Å². The molecule has 8 heavy (non-hydrogen) atoms. The SMILES string of the molecule is CC(=O)O[CH]N(C)C. The van der Waals surface area contributed by atoms with Crippen LogP contribution in [0.1, 0.15) is 6.92 Å². The number of hydrogen-bond acceptors (Lipinski definition) is 3. The Bertz CT molecular complexity index is 80.5. The lowest BCUT2D eigenvalue weighted by Gasteiger charge is -2.05. The monoisotopic (exact) mass is 116 g/mol. The Hall–Kier alpha value is -0.570. The van der Waals surface area contributed by atoms with E-state index < -0.39 is 0 Å². The van der Waals surface area contributed by atoms with Gasteiger partial charge in [-0.1, -0.05) is 0 Å². The van der Waals surface area contributed by atoms with Crippen LogP contribution in [0.3, 0.4) is 0 Å². The lowest BCUT2D eigenvalue weighted by molar-refractivity contribution is -0.139. The zero-order valence-electron chi connectivity index (χ0n) is 5.34. The molecule has 47 valence electrons. The van der Waals surface area contributed by atoms with Crippen molar-refractivity contribution in [1.29, 1.82) is 0 Å². The van der Waals surface area contributed by atoms with E-state index in [1.54, 1.807) is 19.0 Å². The van der Waals surface area contributed by atoms with Crippen molar-refractivity contribution in [2.75, 3.05) is 14.1 Å². The Morgan fingerprint density at radius 3 is 2.25 bits per heavy atom. The first-order valence-corrected chi connectivity index (χ1v) is 2.30. The molecule has 0 heterocycles. The van der Waals surface area contributed by atoms with E-state index in [-0.39, 0.29) is 5.97 Å². The lowest BCUT2D eigenvalue weighted by atomic mass is 10.8. The largest absolute Gasteiger partial charge is 0.441 e. The smallest absolute Gasteiger partial charge is 0.304 e. The molecule has 1 radical (unpaired) electrons. The first-order chi connectivity index (χ1) is 3.63. The summed E-state index contributed by atoms with van der Waals surface area (Å²) in [5.74, 6) is -0.293. The molecule has 0 aromatic rings. The van der Waals surface area contributed by atoms with Gasteiger partial charge in [-0.15, -0.1) is 0 Å². The molecule has 0 aliphatic rings. The molecule has 0 aromatic carbocycles. The molecular formula is C5H10NO2. The van der Waals surface area contributed by atoms with E-state index in [4.69, 9.17) is 0 Å². The summed E-state index contributed by atoms with van der Waals surface area (Å²) in [5, 5.41) is 0. The highest BCUT2D eigenvalue weighted by molar-refractivity contribution is 5.66. The van der Waals surface area contributed by atoms with Crippen LogP contribution in [0.5, 0.6) is 0 Å².